The summed E-state index contributed by atoms with van der Waals surface area (Å²) in [6, 6.07) is 5.46. The number of aromatic nitrogens is 2. The molecule has 0 fully saturated rings. The Kier molecular flexibility index (Phi) is 6.04. The van der Waals surface area contributed by atoms with Crippen molar-refractivity contribution in [1.82, 2.24) is 15.1 Å². The van der Waals surface area contributed by atoms with E-state index in [2.05, 4.69) is 22.3 Å². The fourth-order valence-electron chi connectivity index (χ4n) is 2.17. The van der Waals surface area contributed by atoms with Crippen molar-refractivity contribution < 1.29 is 0 Å². The molecule has 0 spiro atoms. The van der Waals surface area contributed by atoms with Crippen LogP contribution in [0, 0.1) is 13.8 Å². The highest BCUT2D eigenvalue weighted by Crippen LogP contribution is 2.24. The SMILES string of the molecule is C=CCNC(=S)Nc1c(C)nn(Cc2ccc(Cl)cc2Cl)c1C. The second-order valence-corrected chi connectivity index (χ2v) is 6.31. The lowest BCUT2D eigenvalue weighted by atomic mass is 10.2. The summed E-state index contributed by atoms with van der Waals surface area (Å²) in [5.74, 6) is 0. The molecule has 23 heavy (non-hydrogen) atoms. The number of hydrogen-bond donors (Lipinski definition) is 2. The minimum absolute atomic E-state index is 0.542. The van der Waals surface area contributed by atoms with E-state index in [9.17, 15) is 0 Å². The van der Waals surface area contributed by atoms with Gasteiger partial charge in [-0.15, -0.1) is 6.58 Å². The van der Waals surface area contributed by atoms with Crippen molar-refractivity contribution in [3.8, 4) is 0 Å². The van der Waals surface area contributed by atoms with E-state index < -0.39 is 0 Å². The topological polar surface area (TPSA) is 41.9 Å². The molecule has 1 aromatic heterocycles. The summed E-state index contributed by atoms with van der Waals surface area (Å²) >= 11 is 17.4. The second kappa shape index (κ2) is 7.81. The van der Waals surface area contributed by atoms with Gasteiger partial charge in [0.1, 0.15) is 0 Å². The standard InChI is InChI=1S/C16H18Cl2N4S/c1-4-7-19-16(23)20-15-10(2)21-22(11(15)3)9-12-5-6-13(17)8-14(12)18/h4-6,8H,1,7,9H2,2-3H3,(H2,19,20,23). The lowest BCUT2D eigenvalue weighted by Gasteiger charge is -2.10. The molecule has 2 rings (SSSR count). The van der Waals surface area contributed by atoms with Crippen LogP contribution in [-0.2, 0) is 6.54 Å². The van der Waals surface area contributed by atoms with Crippen molar-refractivity contribution in [2.24, 2.45) is 0 Å². The Morgan fingerprint density at radius 3 is 2.78 bits per heavy atom. The zero-order chi connectivity index (χ0) is 17.0. The van der Waals surface area contributed by atoms with E-state index in [-0.39, 0.29) is 0 Å². The van der Waals surface area contributed by atoms with Gasteiger partial charge in [0.2, 0.25) is 0 Å². The normalized spacial score (nSPS) is 10.4. The number of aryl methyl sites for hydroxylation is 1. The number of nitrogens with zero attached hydrogens (tertiary/aromatic N) is 2. The molecule has 0 unspecified atom stereocenters. The highest BCUT2D eigenvalue weighted by Gasteiger charge is 2.14. The maximum atomic E-state index is 6.24. The average Bonchev–Trinajstić information content (AvgIpc) is 2.75. The van der Waals surface area contributed by atoms with Crippen molar-refractivity contribution in [3.05, 3.63) is 57.9 Å². The van der Waals surface area contributed by atoms with Gasteiger partial charge in [0, 0.05) is 16.6 Å². The first-order chi connectivity index (χ1) is 10.9. The van der Waals surface area contributed by atoms with Crippen LogP contribution in [0.4, 0.5) is 5.69 Å². The van der Waals surface area contributed by atoms with Gasteiger partial charge in [0.05, 0.1) is 23.6 Å². The van der Waals surface area contributed by atoms with E-state index >= 15 is 0 Å². The van der Waals surface area contributed by atoms with Crippen LogP contribution in [0.1, 0.15) is 17.0 Å². The maximum Gasteiger partial charge on any atom is 0.171 e. The van der Waals surface area contributed by atoms with E-state index in [1.165, 1.54) is 0 Å². The van der Waals surface area contributed by atoms with Gasteiger partial charge in [-0.3, -0.25) is 4.68 Å². The van der Waals surface area contributed by atoms with Gasteiger partial charge in [0.15, 0.2) is 5.11 Å². The first kappa shape index (κ1) is 17.8. The van der Waals surface area contributed by atoms with Crippen LogP contribution in [0.25, 0.3) is 0 Å². The third kappa shape index (κ3) is 4.47. The van der Waals surface area contributed by atoms with E-state index in [0.29, 0.717) is 28.2 Å². The van der Waals surface area contributed by atoms with Gasteiger partial charge in [-0.1, -0.05) is 35.3 Å². The summed E-state index contributed by atoms with van der Waals surface area (Å²) in [6.45, 7) is 8.75. The maximum absolute atomic E-state index is 6.24. The van der Waals surface area contributed by atoms with Crippen LogP contribution in [0.2, 0.25) is 10.0 Å². The van der Waals surface area contributed by atoms with Gasteiger partial charge in [-0.05, 0) is 43.8 Å². The van der Waals surface area contributed by atoms with Crippen LogP contribution in [0.3, 0.4) is 0 Å². The second-order valence-electron chi connectivity index (χ2n) is 5.06. The fraction of sp³-hybridized carbons (Fsp3) is 0.250. The minimum Gasteiger partial charge on any atom is -0.359 e. The molecule has 0 aliphatic heterocycles. The summed E-state index contributed by atoms with van der Waals surface area (Å²) in [5, 5.41) is 12.6. The highest BCUT2D eigenvalue weighted by molar-refractivity contribution is 7.80. The molecule has 0 amide bonds. The summed E-state index contributed by atoms with van der Waals surface area (Å²) in [6.07, 6.45) is 1.75. The van der Waals surface area contributed by atoms with Gasteiger partial charge in [-0.2, -0.15) is 5.10 Å². The summed E-state index contributed by atoms with van der Waals surface area (Å²) in [7, 11) is 0. The number of thiocarbonyl (C=S) groups is 1. The minimum atomic E-state index is 0.542. The van der Waals surface area contributed by atoms with Crippen molar-refractivity contribution in [2.45, 2.75) is 20.4 Å². The third-order valence-corrected chi connectivity index (χ3v) is 4.20. The largest absolute Gasteiger partial charge is 0.359 e. The van der Waals surface area contributed by atoms with Crippen molar-refractivity contribution in [3.63, 3.8) is 0 Å². The number of halogens is 2. The van der Waals surface area contributed by atoms with Crippen molar-refractivity contribution in [2.75, 3.05) is 11.9 Å². The molecule has 0 saturated heterocycles. The molecule has 2 N–H and O–H groups in total. The smallest absolute Gasteiger partial charge is 0.171 e. The van der Waals surface area contributed by atoms with Crippen LogP contribution in [0.15, 0.2) is 30.9 Å². The van der Waals surface area contributed by atoms with Gasteiger partial charge in [0.25, 0.3) is 0 Å². The zero-order valence-corrected chi connectivity index (χ0v) is 15.3. The van der Waals surface area contributed by atoms with Crippen LogP contribution in [-0.4, -0.2) is 21.4 Å². The van der Waals surface area contributed by atoms with Gasteiger partial charge >= 0.3 is 0 Å². The van der Waals surface area contributed by atoms with Crippen molar-refractivity contribution >= 4 is 46.2 Å². The first-order valence-electron chi connectivity index (χ1n) is 7.06. The highest BCUT2D eigenvalue weighted by atomic mass is 35.5. The Bertz CT molecular complexity index is 740. The summed E-state index contributed by atoms with van der Waals surface area (Å²) in [5.41, 5.74) is 3.71. The number of nitrogens with one attached hydrogen (secondary N) is 2. The van der Waals surface area contributed by atoms with Gasteiger partial charge < -0.3 is 10.6 Å². The Hall–Kier alpha value is -1.56. The summed E-state index contributed by atoms with van der Waals surface area (Å²) < 4.78 is 1.89. The molecule has 4 nitrogen and oxygen atoms in total. The van der Waals surface area contributed by atoms with Gasteiger partial charge in [-0.25, -0.2) is 0 Å². The molecular weight excluding hydrogens is 351 g/mol. The van der Waals surface area contributed by atoms with E-state index in [0.717, 1.165) is 22.6 Å². The van der Waals surface area contributed by atoms with Crippen LogP contribution in [0.5, 0.6) is 0 Å². The zero-order valence-electron chi connectivity index (χ0n) is 13.0. The quantitative estimate of drug-likeness (QED) is 0.608. The Balaban J connectivity index is 2.20. The molecule has 0 aliphatic rings. The third-order valence-electron chi connectivity index (χ3n) is 3.36. The fourth-order valence-corrected chi connectivity index (χ4v) is 2.82. The molecule has 0 radical (unpaired) electrons. The van der Waals surface area contributed by atoms with Crippen LogP contribution < -0.4 is 10.6 Å². The van der Waals surface area contributed by atoms with E-state index in [1.54, 1.807) is 12.1 Å². The Morgan fingerprint density at radius 2 is 2.13 bits per heavy atom. The lowest BCUT2D eigenvalue weighted by molar-refractivity contribution is 0.659. The lowest BCUT2D eigenvalue weighted by Crippen LogP contribution is -2.28. The molecule has 0 aliphatic carbocycles. The monoisotopic (exact) mass is 368 g/mol. The summed E-state index contributed by atoms with van der Waals surface area (Å²) in [4.78, 5) is 0. The molecule has 0 saturated carbocycles. The van der Waals surface area contributed by atoms with Crippen molar-refractivity contribution in [1.29, 1.82) is 0 Å². The molecular formula is C16H18Cl2N4S. The predicted octanol–water partition coefficient (Wildman–Crippen LogP) is 4.33. The molecule has 122 valence electrons. The molecule has 0 bridgehead atoms. The number of benzene rings is 1. The molecule has 1 heterocycles. The van der Waals surface area contributed by atoms with E-state index in [1.807, 2.05) is 30.7 Å². The number of rotatable bonds is 5. The Morgan fingerprint density at radius 1 is 1.39 bits per heavy atom. The number of hydrogen-bond acceptors (Lipinski definition) is 2. The molecule has 7 heteroatoms. The molecule has 2 aromatic rings. The Labute approximate surface area is 151 Å². The predicted molar refractivity (Wildman–Crippen MR) is 102 cm³/mol. The number of anilines is 1. The molecule has 0 atom stereocenters. The van der Waals surface area contributed by atoms with E-state index in [4.69, 9.17) is 35.4 Å². The first-order valence-corrected chi connectivity index (χ1v) is 8.22. The average molecular weight is 369 g/mol. The van der Waals surface area contributed by atoms with Crippen LogP contribution >= 0.6 is 35.4 Å². The molecule has 1 aromatic carbocycles.